The third kappa shape index (κ3) is 8.52. The molecule has 1 saturated heterocycles. The van der Waals surface area contributed by atoms with Gasteiger partial charge in [-0.3, -0.25) is 9.69 Å². The van der Waals surface area contributed by atoms with E-state index in [9.17, 15) is 9.59 Å². The highest BCUT2D eigenvalue weighted by Crippen LogP contribution is 2.06. The maximum Gasteiger partial charge on any atom is 0.326 e. The fraction of sp³-hybridized carbons (Fsp3) is 0.706. The Morgan fingerprint density at radius 2 is 2.04 bits per heavy atom. The summed E-state index contributed by atoms with van der Waals surface area (Å²) in [5.41, 5.74) is -0.124. The lowest BCUT2D eigenvalue weighted by molar-refractivity contribution is -0.141. The van der Waals surface area contributed by atoms with Crippen molar-refractivity contribution in [2.24, 2.45) is 5.92 Å². The second-order valence-corrected chi connectivity index (χ2v) is 6.43. The van der Waals surface area contributed by atoms with E-state index in [0.717, 1.165) is 39.3 Å². The van der Waals surface area contributed by atoms with Crippen molar-refractivity contribution in [3.8, 4) is 6.07 Å². The number of carboxylic acid groups (broad SMARTS) is 1. The van der Waals surface area contributed by atoms with Crippen LogP contribution in [-0.4, -0.2) is 67.3 Å². The highest BCUT2D eigenvalue weighted by molar-refractivity contribution is 5.99. The average Bonchev–Trinajstić information content (AvgIpc) is 2.57. The van der Waals surface area contributed by atoms with Crippen LogP contribution in [0.2, 0.25) is 0 Å². The van der Waals surface area contributed by atoms with Gasteiger partial charge in [-0.05, 0) is 25.3 Å². The Hall–Kier alpha value is -2.11. The molecule has 0 bridgehead atoms. The van der Waals surface area contributed by atoms with Crippen molar-refractivity contribution in [1.82, 2.24) is 15.5 Å². The van der Waals surface area contributed by atoms with Crippen LogP contribution in [0, 0.1) is 17.2 Å². The summed E-state index contributed by atoms with van der Waals surface area (Å²) in [5.74, 6) is -1.65. The number of amides is 1. The molecule has 1 heterocycles. The molecule has 0 aromatic heterocycles. The normalized spacial score (nSPS) is 17.0. The van der Waals surface area contributed by atoms with Gasteiger partial charge in [-0.2, -0.15) is 5.26 Å². The highest BCUT2D eigenvalue weighted by atomic mass is 16.5. The SMILES string of the molecule is CC(C)CC(NC(=O)/C(C#N)=C\NCCCN1CCOCC1)C(=O)O. The van der Waals surface area contributed by atoms with E-state index in [-0.39, 0.29) is 11.5 Å². The molecule has 1 fully saturated rings. The van der Waals surface area contributed by atoms with E-state index in [1.165, 1.54) is 6.20 Å². The predicted molar refractivity (Wildman–Crippen MR) is 92.6 cm³/mol. The number of carboxylic acids is 1. The van der Waals surface area contributed by atoms with Gasteiger partial charge in [-0.15, -0.1) is 0 Å². The zero-order valence-electron chi connectivity index (χ0n) is 15.0. The van der Waals surface area contributed by atoms with E-state index in [1.54, 1.807) is 6.07 Å². The lowest BCUT2D eigenvalue weighted by atomic mass is 10.0. The van der Waals surface area contributed by atoms with Crippen LogP contribution >= 0.6 is 0 Å². The maximum atomic E-state index is 12.1. The van der Waals surface area contributed by atoms with E-state index in [2.05, 4.69) is 15.5 Å². The standard InChI is InChI=1S/C17H28N4O4/c1-13(2)10-15(17(23)24)20-16(22)14(11-18)12-19-4-3-5-21-6-8-25-9-7-21/h12-13,15,19H,3-10H2,1-2H3,(H,20,22)(H,23,24)/b14-12-. The van der Waals surface area contributed by atoms with Gasteiger partial charge >= 0.3 is 5.97 Å². The topological polar surface area (TPSA) is 115 Å². The van der Waals surface area contributed by atoms with Crippen LogP contribution < -0.4 is 10.6 Å². The van der Waals surface area contributed by atoms with Gasteiger partial charge in [0.05, 0.1) is 13.2 Å². The lowest BCUT2D eigenvalue weighted by Crippen LogP contribution is -2.42. The van der Waals surface area contributed by atoms with Crippen molar-refractivity contribution in [3.63, 3.8) is 0 Å². The molecule has 1 aliphatic heterocycles. The minimum absolute atomic E-state index is 0.120. The van der Waals surface area contributed by atoms with Crippen molar-refractivity contribution >= 4 is 11.9 Å². The molecule has 140 valence electrons. The number of aliphatic carboxylic acids is 1. The summed E-state index contributed by atoms with van der Waals surface area (Å²) < 4.78 is 5.28. The molecule has 1 rings (SSSR count). The van der Waals surface area contributed by atoms with Crippen LogP contribution in [0.25, 0.3) is 0 Å². The summed E-state index contributed by atoms with van der Waals surface area (Å²) in [7, 11) is 0. The second-order valence-electron chi connectivity index (χ2n) is 6.43. The summed E-state index contributed by atoms with van der Waals surface area (Å²) in [6, 6.07) is 0.812. The third-order valence-electron chi connectivity index (χ3n) is 3.82. The Balaban J connectivity index is 2.39. The summed E-state index contributed by atoms with van der Waals surface area (Å²) in [6.07, 6.45) is 2.54. The van der Waals surface area contributed by atoms with Crippen molar-refractivity contribution in [1.29, 1.82) is 5.26 Å². The maximum absolute atomic E-state index is 12.1. The van der Waals surface area contributed by atoms with Gasteiger partial charge in [0.25, 0.3) is 5.91 Å². The molecule has 0 radical (unpaired) electrons. The first kappa shape index (κ1) is 20.9. The molecule has 1 unspecified atom stereocenters. The summed E-state index contributed by atoms with van der Waals surface area (Å²) in [5, 5.41) is 23.6. The Morgan fingerprint density at radius 3 is 2.60 bits per heavy atom. The fourth-order valence-corrected chi connectivity index (χ4v) is 2.48. The van der Waals surface area contributed by atoms with Crippen molar-refractivity contribution in [3.05, 3.63) is 11.8 Å². The molecule has 1 atom stereocenters. The number of carbonyl (C=O) groups excluding carboxylic acids is 1. The lowest BCUT2D eigenvalue weighted by Gasteiger charge is -2.26. The highest BCUT2D eigenvalue weighted by Gasteiger charge is 2.22. The number of rotatable bonds is 10. The number of ether oxygens (including phenoxy) is 1. The Morgan fingerprint density at radius 1 is 1.36 bits per heavy atom. The van der Waals surface area contributed by atoms with Crippen molar-refractivity contribution in [2.75, 3.05) is 39.4 Å². The molecule has 8 heteroatoms. The van der Waals surface area contributed by atoms with Crippen LogP contribution in [-0.2, 0) is 14.3 Å². The number of hydrogen-bond donors (Lipinski definition) is 3. The largest absolute Gasteiger partial charge is 0.480 e. The smallest absolute Gasteiger partial charge is 0.326 e. The first-order valence-corrected chi connectivity index (χ1v) is 8.61. The minimum atomic E-state index is -1.10. The number of morpholine rings is 1. The zero-order chi connectivity index (χ0) is 18.7. The van der Waals surface area contributed by atoms with Crippen molar-refractivity contribution < 1.29 is 19.4 Å². The van der Waals surface area contributed by atoms with Crippen LogP contribution in [0.15, 0.2) is 11.8 Å². The third-order valence-corrected chi connectivity index (χ3v) is 3.82. The minimum Gasteiger partial charge on any atom is -0.480 e. The fourth-order valence-electron chi connectivity index (χ4n) is 2.48. The van der Waals surface area contributed by atoms with E-state index >= 15 is 0 Å². The molecule has 0 aromatic carbocycles. The van der Waals surface area contributed by atoms with Crippen molar-refractivity contribution in [2.45, 2.75) is 32.7 Å². The van der Waals surface area contributed by atoms with E-state index in [4.69, 9.17) is 15.1 Å². The Labute approximate surface area is 148 Å². The van der Waals surface area contributed by atoms with Crippen LogP contribution in [0.1, 0.15) is 26.7 Å². The number of nitrogens with one attached hydrogen (secondary N) is 2. The molecular formula is C17H28N4O4. The van der Waals surface area contributed by atoms with Crippen LogP contribution in [0.5, 0.6) is 0 Å². The van der Waals surface area contributed by atoms with Gasteiger partial charge in [0, 0.05) is 25.8 Å². The number of carbonyl (C=O) groups is 2. The molecule has 1 amide bonds. The van der Waals surface area contributed by atoms with Gasteiger partial charge in [-0.25, -0.2) is 4.79 Å². The van der Waals surface area contributed by atoms with Gasteiger partial charge in [-0.1, -0.05) is 13.8 Å². The van der Waals surface area contributed by atoms with Crippen LogP contribution in [0.3, 0.4) is 0 Å². The number of hydrogen-bond acceptors (Lipinski definition) is 6. The molecule has 0 aliphatic carbocycles. The first-order chi connectivity index (χ1) is 11.9. The first-order valence-electron chi connectivity index (χ1n) is 8.61. The molecule has 0 spiro atoms. The predicted octanol–water partition coefficient (Wildman–Crippen LogP) is 0.321. The van der Waals surface area contributed by atoms with E-state index < -0.39 is 17.9 Å². The van der Waals surface area contributed by atoms with E-state index in [1.807, 2.05) is 13.8 Å². The van der Waals surface area contributed by atoms with E-state index in [0.29, 0.717) is 13.0 Å². The molecular weight excluding hydrogens is 324 g/mol. The zero-order valence-corrected chi connectivity index (χ0v) is 15.0. The summed E-state index contributed by atoms with van der Waals surface area (Å²) >= 11 is 0. The van der Waals surface area contributed by atoms with Gasteiger partial charge in [0.2, 0.25) is 0 Å². The molecule has 8 nitrogen and oxygen atoms in total. The van der Waals surface area contributed by atoms with Crippen LogP contribution in [0.4, 0.5) is 0 Å². The Kier molecular flexibility index (Phi) is 9.58. The molecule has 0 aromatic rings. The molecule has 3 N–H and O–H groups in total. The number of nitriles is 1. The second kappa shape index (κ2) is 11.4. The monoisotopic (exact) mass is 352 g/mol. The average molecular weight is 352 g/mol. The quantitative estimate of drug-likeness (QED) is 0.295. The molecule has 1 aliphatic rings. The summed E-state index contributed by atoms with van der Waals surface area (Å²) in [6.45, 7) is 8.67. The summed E-state index contributed by atoms with van der Waals surface area (Å²) in [4.78, 5) is 25.5. The molecule has 25 heavy (non-hydrogen) atoms. The molecule has 0 saturated carbocycles. The number of nitrogens with zero attached hydrogens (tertiary/aromatic N) is 2. The Bertz CT molecular complexity index is 507. The van der Waals surface area contributed by atoms with Gasteiger partial charge in [0.1, 0.15) is 17.7 Å². The van der Waals surface area contributed by atoms with Gasteiger partial charge < -0.3 is 20.5 Å². The van der Waals surface area contributed by atoms with Gasteiger partial charge in [0.15, 0.2) is 0 Å².